The van der Waals surface area contributed by atoms with E-state index >= 15 is 0 Å². The van der Waals surface area contributed by atoms with E-state index in [-0.39, 0.29) is 5.78 Å². The number of rotatable bonds is 2. The van der Waals surface area contributed by atoms with Gasteiger partial charge in [0.2, 0.25) is 0 Å². The molecule has 0 aliphatic rings. The number of benzene rings is 2. The van der Waals surface area contributed by atoms with Crippen molar-refractivity contribution in [1.82, 2.24) is 0 Å². The summed E-state index contributed by atoms with van der Waals surface area (Å²) in [4.78, 5) is 10.9. The van der Waals surface area contributed by atoms with Crippen molar-refractivity contribution in [1.29, 1.82) is 0 Å². The van der Waals surface area contributed by atoms with Crippen LogP contribution in [0.3, 0.4) is 0 Å². The Bertz CT molecular complexity index is 471. The molecule has 0 saturated carbocycles. The Morgan fingerprint density at radius 1 is 1.36 bits per heavy atom. The predicted molar refractivity (Wildman–Crippen MR) is 57.2 cm³/mol. The molecule has 2 rings (SSSR count). The zero-order valence-electron chi connectivity index (χ0n) is 8.08. The monoisotopic (exact) mass is 183 g/mol. The summed E-state index contributed by atoms with van der Waals surface area (Å²) in [5.41, 5.74) is 1.07. The molecular weight excluding hydrogens is 172 g/mol. The van der Waals surface area contributed by atoms with E-state index < -0.39 is 0 Å². The second-order valence-corrected chi connectivity index (χ2v) is 3.47. The molecule has 2 aromatic rings. The van der Waals surface area contributed by atoms with Crippen LogP contribution in [0.1, 0.15) is 12.5 Å². The highest BCUT2D eigenvalue weighted by Crippen LogP contribution is 2.15. The summed E-state index contributed by atoms with van der Waals surface area (Å²) in [5.74, 6) is 0.198. The normalized spacial score (nSPS) is 10.4. The molecule has 0 aliphatic heterocycles. The van der Waals surface area contributed by atoms with Crippen LogP contribution in [0.15, 0.2) is 36.4 Å². The van der Waals surface area contributed by atoms with E-state index in [0.717, 1.165) is 16.3 Å². The van der Waals surface area contributed by atoms with E-state index in [1.165, 1.54) is 0 Å². The van der Waals surface area contributed by atoms with Crippen LogP contribution in [0, 0.1) is 6.07 Å². The summed E-state index contributed by atoms with van der Waals surface area (Å²) in [6.07, 6.45) is 0.519. The summed E-state index contributed by atoms with van der Waals surface area (Å²) >= 11 is 0. The fourth-order valence-corrected chi connectivity index (χ4v) is 1.57. The van der Waals surface area contributed by atoms with Crippen molar-refractivity contribution in [2.24, 2.45) is 0 Å². The largest absolute Gasteiger partial charge is 0.300 e. The molecule has 1 nitrogen and oxygen atoms in total. The molecule has 14 heavy (non-hydrogen) atoms. The van der Waals surface area contributed by atoms with Crippen LogP contribution in [-0.4, -0.2) is 5.78 Å². The van der Waals surface area contributed by atoms with Crippen LogP contribution in [0.2, 0.25) is 0 Å². The van der Waals surface area contributed by atoms with Gasteiger partial charge in [0.05, 0.1) is 0 Å². The lowest BCUT2D eigenvalue weighted by Gasteiger charge is -2.00. The highest BCUT2D eigenvalue weighted by atomic mass is 16.1. The van der Waals surface area contributed by atoms with Gasteiger partial charge in [-0.1, -0.05) is 36.4 Å². The second-order valence-electron chi connectivity index (χ2n) is 3.47. The summed E-state index contributed by atoms with van der Waals surface area (Å²) in [5, 5.41) is 2.24. The smallest absolute Gasteiger partial charge is 0.134 e. The van der Waals surface area contributed by atoms with E-state index in [1.807, 2.05) is 36.4 Å². The topological polar surface area (TPSA) is 17.1 Å². The van der Waals surface area contributed by atoms with Gasteiger partial charge in [-0.3, -0.25) is 4.79 Å². The van der Waals surface area contributed by atoms with Crippen molar-refractivity contribution < 1.29 is 4.79 Å². The van der Waals surface area contributed by atoms with Gasteiger partial charge in [-0.05, 0) is 29.3 Å². The molecule has 2 aromatic carbocycles. The number of carbonyl (C=O) groups is 1. The lowest BCUT2D eigenvalue weighted by atomic mass is 10.0. The van der Waals surface area contributed by atoms with Crippen LogP contribution in [0.5, 0.6) is 0 Å². The molecule has 0 heterocycles. The first kappa shape index (κ1) is 8.95. The van der Waals surface area contributed by atoms with E-state index in [2.05, 4.69) is 6.07 Å². The first-order chi connectivity index (χ1) is 6.75. The summed E-state index contributed by atoms with van der Waals surface area (Å²) < 4.78 is 0. The highest BCUT2D eigenvalue weighted by molar-refractivity contribution is 5.84. The number of ketones is 1. The van der Waals surface area contributed by atoms with E-state index in [0.29, 0.717) is 6.42 Å². The molecule has 1 heteroatoms. The molecule has 69 valence electrons. The van der Waals surface area contributed by atoms with Gasteiger partial charge in [-0.15, -0.1) is 0 Å². The number of hydrogen-bond donors (Lipinski definition) is 0. The molecule has 0 N–H and O–H groups in total. The SMILES string of the molecule is CC(=O)Cc1ccc2[c]cccc2c1. The minimum Gasteiger partial charge on any atom is -0.300 e. The van der Waals surface area contributed by atoms with Gasteiger partial charge in [-0.25, -0.2) is 0 Å². The van der Waals surface area contributed by atoms with Crippen molar-refractivity contribution in [2.75, 3.05) is 0 Å². The maximum atomic E-state index is 10.9. The third kappa shape index (κ3) is 1.82. The van der Waals surface area contributed by atoms with Gasteiger partial charge in [0, 0.05) is 6.42 Å². The molecule has 0 spiro atoms. The van der Waals surface area contributed by atoms with E-state index in [1.54, 1.807) is 6.92 Å². The van der Waals surface area contributed by atoms with Crippen molar-refractivity contribution in [3.63, 3.8) is 0 Å². The zero-order valence-corrected chi connectivity index (χ0v) is 8.08. The molecule has 0 aromatic heterocycles. The van der Waals surface area contributed by atoms with Gasteiger partial charge in [-0.2, -0.15) is 0 Å². The molecule has 0 unspecified atom stereocenters. The van der Waals surface area contributed by atoms with Gasteiger partial charge in [0.25, 0.3) is 0 Å². The molecule has 0 amide bonds. The molecule has 0 saturated heterocycles. The Morgan fingerprint density at radius 3 is 3.00 bits per heavy atom. The number of Topliss-reactive ketones (excluding diaryl/α,β-unsaturated/α-hetero) is 1. The number of carbonyl (C=O) groups excluding carboxylic acids is 1. The van der Waals surface area contributed by atoms with Crippen molar-refractivity contribution in [3.8, 4) is 0 Å². The quantitative estimate of drug-likeness (QED) is 0.699. The van der Waals surface area contributed by atoms with Crippen molar-refractivity contribution in [2.45, 2.75) is 13.3 Å². The van der Waals surface area contributed by atoms with E-state index in [9.17, 15) is 4.79 Å². The lowest BCUT2D eigenvalue weighted by molar-refractivity contribution is -0.116. The zero-order chi connectivity index (χ0) is 9.97. The van der Waals surface area contributed by atoms with Crippen LogP contribution in [0.25, 0.3) is 10.8 Å². The third-order valence-electron chi connectivity index (χ3n) is 2.18. The highest BCUT2D eigenvalue weighted by Gasteiger charge is 1.98. The van der Waals surface area contributed by atoms with Crippen LogP contribution >= 0.6 is 0 Å². The Morgan fingerprint density at radius 2 is 2.21 bits per heavy atom. The molecule has 0 aliphatic carbocycles. The van der Waals surface area contributed by atoms with Crippen molar-refractivity contribution >= 4 is 16.6 Å². The first-order valence-corrected chi connectivity index (χ1v) is 4.64. The summed E-state index contributed by atoms with van der Waals surface area (Å²) in [6.45, 7) is 1.61. The Balaban J connectivity index is 2.46. The Hall–Kier alpha value is -1.63. The first-order valence-electron chi connectivity index (χ1n) is 4.64. The third-order valence-corrected chi connectivity index (χ3v) is 2.18. The van der Waals surface area contributed by atoms with Gasteiger partial charge >= 0.3 is 0 Å². The van der Waals surface area contributed by atoms with Crippen LogP contribution in [-0.2, 0) is 11.2 Å². The van der Waals surface area contributed by atoms with Crippen molar-refractivity contribution in [3.05, 3.63) is 48.0 Å². The fraction of sp³-hybridized carbons (Fsp3) is 0.154. The second kappa shape index (κ2) is 3.62. The predicted octanol–water partition coefficient (Wildman–Crippen LogP) is 2.77. The van der Waals surface area contributed by atoms with Crippen LogP contribution < -0.4 is 0 Å². The molecule has 1 radical (unpaired) electrons. The Kier molecular flexibility index (Phi) is 2.32. The summed E-state index contributed by atoms with van der Waals surface area (Å²) in [6, 6.07) is 15.1. The average molecular weight is 183 g/mol. The maximum absolute atomic E-state index is 10.9. The van der Waals surface area contributed by atoms with E-state index in [4.69, 9.17) is 0 Å². The minimum absolute atomic E-state index is 0.198. The molecule has 0 atom stereocenters. The standard InChI is InChI=1S/C13H11O/c1-10(14)8-11-6-7-12-4-2-3-5-13(12)9-11/h2-3,5-7,9H,8H2,1H3. The van der Waals surface area contributed by atoms with Crippen LogP contribution in [0.4, 0.5) is 0 Å². The summed E-state index contributed by atoms with van der Waals surface area (Å²) in [7, 11) is 0. The fourth-order valence-electron chi connectivity index (χ4n) is 1.57. The van der Waals surface area contributed by atoms with Gasteiger partial charge < -0.3 is 0 Å². The molecular formula is C13H11O. The molecule has 0 fully saturated rings. The van der Waals surface area contributed by atoms with Gasteiger partial charge in [0.15, 0.2) is 0 Å². The average Bonchev–Trinajstić information content (AvgIpc) is 2.17. The maximum Gasteiger partial charge on any atom is 0.134 e. The number of hydrogen-bond acceptors (Lipinski definition) is 1. The molecule has 0 bridgehead atoms. The van der Waals surface area contributed by atoms with Gasteiger partial charge in [0.1, 0.15) is 5.78 Å². The Labute approximate surface area is 83.4 Å². The minimum atomic E-state index is 0.198. The number of fused-ring (bicyclic) bond motifs is 1. The lowest BCUT2D eigenvalue weighted by Crippen LogP contribution is -1.95.